The van der Waals surface area contributed by atoms with Crippen LogP contribution in [0.3, 0.4) is 0 Å². The zero-order valence-corrected chi connectivity index (χ0v) is 12.4. The Bertz CT molecular complexity index is 978. The van der Waals surface area contributed by atoms with Gasteiger partial charge in [-0.1, -0.05) is 0 Å². The summed E-state index contributed by atoms with van der Waals surface area (Å²) >= 11 is 1.90. The van der Waals surface area contributed by atoms with E-state index >= 15 is 0 Å². The van der Waals surface area contributed by atoms with Gasteiger partial charge in [0, 0.05) is 3.57 Å². The Morgan fingerprint density at radius 2 is 1.81 bits per heavy atom. The van der Waals surface area contributed by atoms with E-state index in [0.29, 0.717) is 8.14 Å². The minimum atomic E-state index is -1.03. The molecule has 0 fully saturated rings. The number of aromatic nitrogens is 1. The van der Waals surface area contributed by atoms with E-state index in [-0.39, 0.29) is 16.7 Å². The average molecular weight is 401 g/mol. The fourth-order valence-corrected chi connectivity index (χ4v) is 2.42. The van der Waals surface area contributed by atoms with Crippen molar-refractivity contribution in [1.82, 2.24) is 4.57 Å². The van der Waals surface area contributed by atoms with E-state index < -0.39 is 22.9 Å². The van der Waals surface area contributed by atoms with Gasteiger partial charge in [-0.25, -0.2) is 18.1 Å². The van der Waals surface area contributed by atoms with Crippen molar-refractivity contribution in [3.05, 3.63) is 72.5 Å². The summed E-state index contributed by atoms with van der Waals surface area (Å²) in [5, 5.41) is -0.132. The highest BCUT2D eigenvalue weighted by Crippen LogP contribution is 2.16. The Hall–Kier alpha value is -2.03. The van der Waals surface area contributed by atoms with E-state index in [1.807, 2.05) is 22.6 Å². The maximum Gasteiger partial charge on any atom is 0.427 e. The minimum absolute atomic E-state index is 0.0476. The second-order valence-corrected chi connectivity index (χ2v) is 5.49. The van der Waals surface area contributed by atoms with Crippen LogP contribution in [0, 0.1) is 15.2 Å². The van der Waals surface area contributed by atoms with Gasteiger partial charge in [-0.2, -0.15) is 0 Å². The number of rotatable bonds is 1. The number of hydrogen-bond donors (Lipinski definition) is 0. The third kappa shape index (κ3) is 2.37. The van der Waals surface area contributed by atoms with Crippen LogP contribution in [-0.4, -0.2) is 4.57 Å². The van der Waals surface area contributed by atoms with Crippen LogP contribution in [0.1, 0.15) is 0 Å². The van der Waals surface area contributed by atoms with Gasteiger partial charge in [0.15, 0.2) is 0 Å². The lowest BCUT2D eigenvalue weighted by atomic mass is 10.2. The largest absolute Gasteiger partial charge is 0.427 e. The van der Waals surface area contributed by atoms with Gasteiger partial charge < -0.3 is 4.42 Å². The molecule has 3 aromatic rings. The molecule has 0 spiro atoms. The molecule has 1 aromatic heterocycles. The molecule has 21 heavy (non-hydrogen) atoms. The van der Waals surface area contributed by atoms with Crippen molar-refractivity contribution in [2.75, 3.05) is 0 Å². The Kier molecular flexibility index (Phi) is 3.36. The smallest absolute Gasteiger partial charge is 0.409 e. The molecular weight excluding hydrogens is 395 g/mol. The number of hydrogen-bond acceptors (Lipinski definition) is 3. The quantitative estimate of drug-likeness (QED) is 0.590. The lowest BCUT2D eigenvalue weighted by Crippen LogP contribution is -2.31. The van der Waals surface area contributed by atoms with E-state index in [2.05, 4.69) is 0 Å². The van der Waals surface area contributed by atoms with Crippen LogP contribution in [0.4, 0.5) is 8.78 Å². The van der Waals surface area contributed by atoms with E-state index in [9.17, 15) is 18.4 Å². The first-order valence-electron chi connectivity index (χ1n) is 5.78. The second-order valence-electron chi connectivity index (χ2n) is 4.24. The van der Waals surface area contributed by atoms with Crippen molar-refractivity contribution in [2.24, 2.45) is 0 Å². The van der Waals surface area contributed by atoms with E-state index in [1.165, 1.54) is 18.2 Å². The molecule has 0 bridgehead atoms. The van der Waals surface area contributed by atoms with Crippen molar-refractivity contribution >= 4 is 33.6 Å². The molecule has 1 heterocycles. The van der Waals surface area contributed by atoms with E-state index in [0.717, 1.165) is 12.1 Å². The van der Waals surface area contributed by atoms with Crippen molar-refractivity contribution < 1.29 is 13.2 Å². The lowest BCUT2D eigenvalue weighted by molar-refractivity contribution is 0.495. The second kappa shape index (κ2) is 5.06. The summed E-state index contributed by atoms with van der Waals surface area (Å²) in [5.41, 5.74) is -1.12. The summed E-state index contributed by atoms with van der Waals surface area (Å²) in [6.45, 7) is 0. The normalized spacial score (nSPS) is 11.0. The molecule has 0 unspecified atom stereocenters. The summed E-state index contributed by atoms with van der Waals surface area (Å²) < 4.78 is 33.3. The SMILES string of the molecule is O=c1oc2ccc(F)cc2c(=O)n1-c1ccc(I)cc1F. The standard InChI is InChI=1S/C14H6F2INO3/c15-7-1-4-12-9(5-7)13(19)18(14(20)21-12)11-3-2-8(17)6-10(11)16/h1-6H. The molecule has 0 aliphatic heterocycles. The fourth-order valence-electron chi connectivity index (χ4n) is 1.97. The number of fused-ring (bicyclic) bond motifs is 1. The van der Waals surface area contributed by atoms with Crippen LogP contribution in [0.25, 0.3) is 16.7 Å². The molecular formula is C14H6F2INO3. The van der Waals surface area contributed by atoms with Gasteiger partial charge in [0.25, 0.3) is 5.56 Å². The van der Waals surface area contributed by atoms with Crippen molar-refractivity contribution in [1.29, 1.82) is 0 Å². The van der Waals surface area contributed by atoms with Crippen LogP contribution < -0.4 is 11.3 Å². The highest BCUT2D eigenvalue weighted by Gasteiger charge is 2.15. The minimum Gasteiger partial charge on any atom is -0.409 e. The van der Waals surface area contributed by atoms with Crippen LogP contribution >= 0.6 is 22.6 Å². The van der Waals surface area contributed by atoms with Crippen LogP contribution in [0.2, 0.25) is 0 Å². The lowest BCUT2D eigenvalue weighted by Gasteiger charge is -2.06. The third-order valence-corrected chi connectivity index (χ3v) is 3.58. The topological polar surface area (TPSA) is 52.2 Å². The Morgan fingerprint density at radius 3 is 2.52 bits per heavy atom. The summed E-state index contributed by atoms with van der Waals surface area (Å²) in [4.78, 5) is 24.2. The maximum absolute atomic E-state index is 14.0. The molecule has 0 amide bonds. The van der Waals surface area contributed by atoms with Crippen LogP contribution in [-0.2, 0) is 0 Å². The van der Waals surface area contributed by atoms with Crippen molar-refractivity contribution in [3.8, 4) is 5.69 Å². The molecule has 0 atom stereocenters. The maximum atomic E-state index is 14.0. The molecule has 3 rings (SSSR count). The molecule has 7 heteroatoms. The summed E-state index contributed by atoms with van der Waals surface area (Å²) in [7, 11) is 0. The van der Waals surface area contributed by atoms with Crippen molar-refractivity contribution in [2.45, 2.75) is 0 Å². The number of halogens is 3. The summed E-state index contributed by atoms with van der Waals surface area (Å²) in [6.07, 6.45) is 0. The third-order valence-electron chi connectivity index (χ3n) is 2.91. The zero-order valence-electron chi connectivity index (χ0n) is 10.3. The summed E-state index contributed by atoms with van der Waals surface area (Å²) in [5.74, 6) is -2.42. The van der Waals surface area contributed by atoms with Crippen LogP contribution in [0.15, 0.2) is 50.4 Å². The number of benzene rings is 2. The van der Waals surface area contributed by atoms with Crippen molar-refractivity contribution in [3.63, 3.8) is 0 Å². The highest BCUT2D eigenvalue weighted by molar-refractivity contribution is 14.1. The van der Waals surface area contributed by atoms with Gasteiger partial charge in [-0.05, 0) is 59.0 Å². The summed E-state index contributed by atoms with van der Waals surface area (Å²) in [6, 6.07) is 7.21. The predicted molar refractivity (Wildman–Crippen MR) is 80.7 cm³/mol. The molecule has 0 saturated heterocycles. The van der Waals surface area contributed by atoms with Gasteiger partial charge in [0.1, 0.15) is 17.2 Å². The molecule has 0 saturated carbocycles. The highest BCUT2D eigenvalue weighted by atomic mass is 127. The molecule has 4 nitrogen and oxygen atoms in total. The fraction of sp³-hybridized carbons (Fsp3) is 0. The molecule has 106 valence electrons. The van der Waals surface area contributed by atoms with Gasteiger partial charge in [-0.3, -0.25) is 4.79 Å². The monoisotopic (exact) mass is 401 g/mol. The molecule has 0 radical (unpaired) electrons. The number of nitrogens with zero attached hydrogens (tertiary/aromatic N) is 1. The molecule has 0 aliphatic rings. The van der Waals surface area contributed by atoms with E-state index in [1.54, 1.807) is 6.07 Å². The van der Waals surface area contributed by atoms with E-state index in [4.69, 9.17) is 4.42 Å². The van der Waals surface area contributed by atoms with Gasteiger partial charge in [0.05, 0.1) is 11.1 Å². The molecule has 0 N–H and O–H groups in total. The zero-order chi connectivity index (χ0) is 15.1. The Labute approximate surface area is 129 Å². The van der Waals surface area contributed by atoms with Gasteiger partial charge >= 0.3 is 5.76 Å². The predicted octanol–water partition coefficient (Wildman–Crippen LogP) is 2.83. The Balaban J connectivity index is 2.43. The molecule has 0 aliphatic carbocycles. The Morgan fingerprint density at radius 1 is 1.05 bits per heavy atom. The first-order chi connectivity index (χ1) is 9.97. The van der Waals surface area contributed by atoms with Gasteiger partial charge in [0.2, 0.25) is 0 Å². The molecule has 2 aromatic carbocycles. The van der Waals surface area contributed by atoms with Gasteiger partial charge in [-0.15, -0.1) is 0 Å². The first-order valence-corrected chi connectivity index (χ1v) is 6.86. The first kappa shape index (κ1) is 13.9. The van der Waals surface area contributed by atoms with Crippen LogP contribution in [0.5, 0.6) is 0 Å². The average Bonchev–Trinajstić information content (AvgIpc) is 2.42.